The molecule has 0 N–H and O–H groups in total. The van der Waals surface area contributed by atoms with Crippen LogP contribution in [0.5, 0.6) is 0 Å². The first kappa shape index (κ1) is 34.5. The van der Waals surface area contributed by atoms with Crippen LogP contribution >= 0.6 is 0 Å². The molecule has 1 aliphatic carbocycles. The SMILES string of the molecule is O=CCCC/C=C\C[C@@H]1[C@@H](/C=C/C(CCc2ccccc2)O[C@H]2CCCCO2)[C@H](OC2CCCCO2)C[C@@H]1OC1CCCCO1. The van der Waals surface area contributed by atoms with Gasteiger partial charge in [-0.15, -0.1) is 0 Å². The Morgan fingerprint density at radius 1 is 0.778 bits per heavy atom. The van der Waals surface area contributed by atoms with E-state index < -0.39 is 0 Å². The molecule has 250 valence electrons. The maximum atomic E-state index is 10.8. The molecule has 0 spiro atoms. The molecule has 8 atom stereocenters. The molecule has 0 radical (unpaired) electrons. The zero-order valence-corrected chi connectivity index (χ0v) is 27.2. The molecule has 0 amide bonds. The molecule has 7 nitrogen and oxygen atoms in total. The Balaban J connectivity index is 1.34. The van der Waals surface area contributed by atoms with Gasteiger partial charge in [-0.3, -0.25) is 0 Å². The zero-order valence-electron chi connectivity index (χ0n) is 27.2. The fourth-order valence-electron chi connectivity index (χ4n) is 7.11. The van der Waals surface area contributed by atoms with Gasteiger partial charge in [0.05, 0.1) is 18.3 Å². The van der Waals surface area contributed by atoms with Gasteiger partial charge in [0.1, 0.15) is 6.29 Å². The lowest BCUT2D eigenvalue weighted by Crippen LogP contribution is -2.31. The third-order valence-electron chi connectivity index (χ3n) is 9.64. The van der Waals surface area contributed by atoms with Crippen molar-refractivity contribution in [3.05, 3.63) is 60.2 Å². The van der Waals surface area contributed by atoms with E-state index >= 15 is 0 Å². The van der Waals surface area contributed by atoms with Crippen LogP contribution in [0.25, 0.3) is 0 Å². The lowest BCUT2D eigenvalue weighted by molar-refractivity contribution is -0.203. The van der Waals surface area contributed by atoms with Gasteiger partial charge in [-0.05, 0) is 101 Å². The van der Waals surface area contributed by atoms with Gasteiger partial charge in [0, 0.05) is 38.6 Å². The summed E-state index contributed by atoms with van der Waals surface area (Å²) < 4.78 is 38.2. The van der Waals surface area contributed by atoms with Gasteiger partial charge in [0.2, 0.25) is 0 Å². The largest absolute Gasteiger partial charge is 0.353 e. The van der Waals surface area contributed by atoms with Crippen LogP contribution in [-0.2, 0) is 39.6 Å². The molecule has 45 heavy (non-hydrogen) atoms. The normalized spacial score (nSPS) is 31.9. The predicted molar refractivity (Wildman–Crippen MR) is 175 cm³/mol. The summed E-state index contributed by atoms with van der Waals surface area (Å²) in [6.07, 6.45) is 25.2. The summed E-state index contributed by atoms with van der Waals surface area (Å²) >= 11 is 0. The number of ether oxygens (including phenoxy) is 6. The molecule has 4 fully saturated rings. The van der Waals surface area contributed by atoms with E-state index in [4.69, 9.17) is 28.4 Å². The zero-order chi connectivity index (χ0) is 30.9. The molecule has 3 saturated heterocycles. The molecule has 5 rings (SSSR count). The van der Waals surface area contributed by atoms with Crippen LogP contribution < -0.4 is 0 Å². The van der Waals surface area contributed by atoms with E-state index in [0.29, 0.717) is 6.42 Å². The number of hydrogen-bond acceptors (Lipinski definition) is 7. The second-order valence-corrected chi connectivity index (χ2v) is 13.1. The van der Waals surface area contributed by atoms with Gasteiger partial charge in [-0.1, -0.05) is 54.6 Å². The smallest absolute Gasteiger partial charge is 0.158 e. The lowest BCUT2D eigenvalue weighted by atomic mass is 9.89. The molecule has 0 aromatic heterocycles. The van der Waals surface area contributed by atoms with Crippen LogP contribution in [0, 0.1) is 11.8 Å². The summed E-state index contributed by atoms with van der Waals surface area (Å²) in [7, 11) is 0. The van der Waals surface area contributed by atoms with Crippen molar-refractivity contribution in [1.82, 2.24) is 0 Å². The fraction of sp³-hybridized carbons (Fsp3) is 0.711. The third-order valence-corrected chi connectivity index (χ3v) is 9.64. The first-order chi connectivity index (χ1) is 22.3. The summed E-state index contributed by atoms with van der Waals surface area (Å²) in [5.41, 5.74) is 1.32. The van der Waals surface area contributed by atoms with Crippen molar-refractivity contribution in [3.63, 3.8) is 0 Å². The second kappa shape index (κ2) is 19.7. The minimum Gasteiger partial charge on any atom is -0.353 e. The van der Waals surface area contributed by atoms with Crippen molar-refractivity contribution in [1.29, 1.82) is 0 Å². The molecule has 7 heteroatoms. The highest BCUT2D eigenvalue weighted by atomic mass is 16.7. The van der Waals surface area contributed by atoms with Crippen molar-refractivity contribution in [2.24, 2.45) is 11.8 Å². The standard InChI is InChI=1S/C38H56O7/c39-25-11-3-1-2-7-17-32-33(24-23-31(43-36-18-8-12-26-40-36)22-21-30-15-5-4-6-16-30)35(45-38-20-10-14-28-42-38)29-34(32)44-37-19-9-13-27-41-37/h2,4-7,15-16,23-25,31-38H,1,3,8-14,17-22,26-29H2/b7-2-,24-23+/t31?,32-,33-,34+,35-,36+,37?,38?/m1/s1. The lowest BCUT2D eigenvalue weighted by Gasteiger charge is -2.30. The van der Waals surface area contributed by atoms with Gasteiger partial charge < -0.3 is 33.2 Å². The number of carbonyl (C=O) groups is 1. The molecule has 0 bridgehead atoms. The average molecular weight is 625 g/mol. The minimum absolute atomic E-state index is 0.00731. The molecular weight excluding hydrogens is 568 g/mol. The predicted octanol–water partition coefficient (Wildman–Crippen LogP) is 7.86. The number of aryl methyl sites for hydroxylation is 1. The van der Waals surface area contributed by atoms with Crippen molar-refractivity contribution in [2.75, 3.05) is 19.8 Å². The van der Waals surface area contributed by atoms with Gasteiger partial charge in [-0.2, -0.15) is 0 Å². The quantitative estimate of drug-likeness (QED) is 0.0993. The van der Waals surface area contributed by atoms with E-state index in [-0.39, 0.29) is 49.0 Å². The average Bonchev–Trinajstić information content (AvgIpc) is 3.40. The second-order valence-electron chi connectivity index (χ2n) is 13.1. The Labute approximate surface area is 271 Å². The van der Waals surface area contributed by atoms with E-state index in [1.54, 1.807) is 0 Å². The molecule has 1 aromatic rings. The highest BCUT2D eigenvalue weighted by Gasteiger charge is 2.45. The van der Waals surface area contributed by atoms with Gasteiger partial charge >= 0.3 is 0 Å². The number of carbonyl (C=O) groups excluding carboxylic acids is 1. The van der Waals surface area contributed by atoms with Crippen molar-refractivity contribution in [2.45, 2.75) is 140 Å². The minimum atomic E-state index is -0.162. The summed E-state index contributed by atoms with van der Waals surface area (Å²) in [6, 6.07) is 10.7. The van der Waals surface area contributed by atoms with Crippen molar-refractivity contribution < 1.29 is 33.2 Å². The summed E-state index contributed by atoms with van der Waals surface area (Å²) in [4.78, 5) is 10.8. The van der Waals surface area contributed by atoms with Crippen LogP contribution in [0.3, 0.4) is 0 Å². The van der Waals surface area contributed by atoms with E-state index in [2.05, 4.69) is 54.6 Å². The van der Waals surface area contributed by atoms with Crippen LogP contribution in [0.1, 0.15) is 102 Å². The number of rotatable bonds is 17. The molecule has 1 saturated carbocycles. The van der Waals surface area contributed by atoms with Crippen LogP contribution in [0.15, 0.2) is 54.6 Å². The monoisotopic (exact) mass is 624 g/mol. The summed E-state index contributed by atoms with van der Waals surface area (Å²) in [6.45, 7) is 2.29. The van der Waals surface area contributed by atoms with E-state index in [0.717, 1.165) is 122 Å². The Morgan fingerprint density at radius 2 is 1.44 bits per heavy atom. The number of aldehydes is 1. The third kappa shape index (κ3) is 11.7. The van der Waals surface area contributed by atoms with E-state index in [9.17, 15) is 4.79 Å². The highest BCUT2D eigenvalue weighted by molar-refractivity contribution is 5.49. The summed E-state index contributed by atoms with van der Waals surface area (Å²) in [5, 5.41) is 0. The van der Waals surface area contributed by atoms with Crippen LogP contribution in [0.2, 0.25) is 0 Å². The molecule has 1 aromatic carbocycles. The molecule has 4 aliphatic rings. The van der Waals surface area contributed by atoms with Crippen molar-refractivity contribution >= 4 is 6.29 Å². The fourth-order valence-corrected chi connectivity index (χ4v) is 7.11. The van der Waals surface area contributed by atoms with Crippen LogP contribution in [-0.4, -0.2) is 63.3 Å². The van der Waals surface area contributed by atoms with Crippen LogP contribution in [0.4, 0.5) is 0 Å². The molecule has 3 heterocycles. The Kier molecular flexibility index (Phi) is 15.1. The first-order valence-electron chi connectivity index (χ1n) is 17.9. The van der Waals surface area contributed by atoms with Gasteiger partial charge in [0.15, 0.2) is 18.9 Å². The Hall–Kier alpha value is -1.87. The number of benzene rings is 1. The summed E-state index contributed by atoms with van der Waals surface area (Å²) in [5.74, 6) is 0.391. The number of unbranched alkanes of at least 4 members (excludes halogenated alkanes) is 2. The first-order valence-corrected chi connectivity index (χ1v) is 17.9. The maximum absolute atomic E-state index is 10.8. The molecular formula is C38H56O7. The van der Waals surface area contributed by atoms with E-state index in [1.807, 2.05) is 0 Å². The number of hydrogen-bond donors (Lipinski definition) is 0. The number of allylic oxidation sites excluding steroid dienone is 2. The van der Waals surface area contributed by atoms with Gasteiger partial charge in [-0.25, -0.2) is 0 Å². The van der Waals surface area contributed by atoms with E-state index in [1.165, 1.54) is 5.56 Å². The molecule has 3 aliphatic heterocycles. The Morgan fingerprint density at radius 3 is 2.09 bits per heavy atom. The van der Waals surface area contributed by atoms with Crippen molar-refractivity contribution in [3.8, 4) is 0 Å². The maximum Gasteiger partial charge on any atom is 0.158 e. The molecule has 3 unspecified atom stereocenters. The highest BCUT2D eigenvalue weighted by Crippen LogP contribution is 2.42. The topological polar surface area (TPSA) is 72.5 Å². The Bertz CT molecular complexity index is 995. The van der Waals surface area contributed by atoms with Gasteiger partial charge in [0.25, 0.3) is 0 Å².